The first-order valence-corrected chi connectivity index (χ1v) is 7.51. The third-order valence-electron chi connectivity index (χ3n) is 3.65. The second-order valence-corrected chi connectivity index (χ2v) is 5.28. The summed E-state index contributed by atoms with van der Waals surface area (Å²) in [6.07, 6.45) is 1.33. The molecule has 25 heavy (non-hydrogen) atoms. The van der Waals surface area contributed by atoms with E-state index >= 15 is 0 Å². The van der Waals surface area contributed by atoms with E-state index in [1.165, 1.54) is 18.0 Å². The lowest BCUT2D eigenvalue weighted by molar-refractivity contribution is -0.116. The zero-order valence-electron chi connectivity index (χ0n) is 13.4. The Morgan fingerprint density at radius 2 is 1.84 bits per heavy atom. The molecule has 3 aromatic rings. The van der Waals surface area contributed by atoms with Crippen molar-refractivity contribution in [3.63, 3.8) is 0 Å². The number of carbonyl (C=O) groups is 2. The van der Waals surface area contributed by atoms with Crippen LogP contribution in [0, 0.1) is 0 Å². The van der Waals surface area contributed by atoms with Crippen LogP contribution in [-0.4, -0.2) is 28.5 Å². The van der Waals surface area contributed by atoms with Crippen molar-refractivity contribution in [1.29, 1.82) is 0 Å². The highest BCUT2D eigenvalue weighted by Crippen LogP contribution is 2.16. The van der Waals surface area contributed by atoms with E-state index in [1.807, 2.05) is 0 Å². The van der Waals surface area contributed by atoms with Gasteiger partial charge in [0.2, 0.25) is 5.91 Å². The summed E-state index contributed by atoms with van der Waals surface area (Å²) >= 11 is 0. The number of amides is 1. The van der Waals surface area contributed by atoms with Crippen LogP contribution in [0.2, 0.25) is 0 Å². The number of fused-ring (bicyclic) bond motifs is 1. The number of hydrogen-bond donors (Lipinski definition) is 1. The maximum Gasteiger partial charge on any atom is 0.339 e. The van der Waals surface area contributed by atoms with Gasteiger partial charge in [-0.15, -0.1) is 0 Å². The molecule has 3 rings (SSSR count). The van der Waals surface area contributed by atoms with Gasteiger partial charge in [0.05, 0.1) is 35.6 Å². The molecule has 7 heteroatoms. The van der Waals surface area contributed by atoms with E-state index in [0.717, 1.165) is 0 Å². The number of aromatic nitrogens is 2. The zero-order chi connectivity index (χ0) is 17.8. The molecular formula is C18H15N3O4. The lowest BCUT2D eigenvalue weighted by atomic mass is 10.2. The van der Waals surface area contributed by atoms with Crippen molar-refractivity contribution in [2.24, 2.45) is 0 Å². The minimum Gasteiger partial charge on any atom is -0.465 e. The molecule has 0 saturated carbocycles. The van der Waals surface area contributed by atoms with E-state index in [2.05, 4.69) is 15.0 Å². The van der Waals surface area contributed by atoms with Crippen LogP contribution in [0.5, 0.6) is 0 Å². The summed E-state index contributed by atoms with van der Waals surface area (Å²) in [6.45, 7) is -0.216. The van der Waals surface area contributed by atoms with Crippen LogP contribution in [0.25, 0.3) is 10.9 Å². The van der Waals surface area contributed by atoms with Crippen LogP contribution in [0.4, 0.5) is 5.69 Å². The molecule has 0 aliphatic rings. The number of benzene rings is 2. The molecule has 0 unspecified atom stereocenters. The van der Waals surface area contributed by atoms with Gasteiger partial charge in [-0.05, 0) is 24.3 Å². The van der Waals surface area contributed by atoms with E-state index in [9.17, 15) is 14.4 Å². The molecule has 0 atom stereocenters. The van der Waals surface area contributed by atoms with Gasteiger partial charge in [0, 0.05) is 0 Å². The monoisotopic (exact) mass is 337 g/mol. The first-order valence-electron chi connectivity index (χ1n) is 7.51. The summed E-state index contributed by atoms with van der Waals surface area (Å²) in [5, 5.41) is 3.06. The molecule has 1 aromatic heterocycles. The standard InChI is InChI=1S/C18H15N3O4/c1-25-18(24)13-7-3-5-9-15(13)20-16(22)10-21-11-19-14-8-4-2-6-12(14)17(21)23/h2-9,11H,10H2,1H3,(H,20,22). The van der Waals surface area contributed by atoms with Crippen LogP contribution in [0.15, 0.2) is 59.7 Å². The summed E-state index contributed by atoms with van der Waals surface area (Å²) in [5.74, 6) is -1.00. The number of anilines is 1. The smallest absolute Gasteiger partial charge is 0.339 e. The molecule has 0 fully saturated rings. The highest BCUT2D eigenvalue weighted by molar-refractivity contribution is 6.01. The highest BCUT2D eigenvalue weighted by Gasteiger charge is 2.14. The Morgan fingerprint density at radius 3 is 2.64 bits per heavy atom. The van der Waals surface area contributed by atoms with E-state index in [4.69, 9.17) is 0 Å². The predicted octanol–water partition coefficient (Wildman–Crippen LogP) is 1.82. The van der Waals surface area contributed by atoms with Crippen molar-refractivity contribution in [3.8, 4) is 0 Å². The first-order chi connectivity index (χ1) is 12.1. The van der Waals surface area contributed by atoms with E-state index < -0.39 is 11.9 Å². The van der Waals surface area contributed by atoms with Crippen molar-refractivity contribution in [1.82, 2.24) is 9.55 Å². The van der Waals surface area contributed by atoms with Crippen molar-refractivity contribution >= 4 is 28.5 Å². The molecule has 0 aliphatic carbocycles. The van der Waals surface area contributed by atoms with Gasteiger partial charge in [0.15, 0.2) is 0 Å². The number of nitrogens with one attached hydrogen (secondary N) is 1. The van der Waals surface area contributed by atoms with E-state index in [0.29, 0.717) is 16.6 Å². The lowest BCUT2D eigenvalue weighted by Crippen LogP contribution is -2.28. The Hall–Kier alpha value is -3.48. The predicted molar refractivity (Wildman–Crippen MR) is 92.4 cm³/mol. The Morgan fingerprint density at radius 1 is 1.12 bits per heavy atom. The molecule has 0 spiro atoms. The quantitative estimate of drug-likeness (QED) is 0.734. The molecule has 0 bridgehead atoms. The first kappa shape index (κ1) is 16.4. The summed E-state index contributed by atoms with van der Waals surface area (Å²) < 4.78 is 5.91. The van der Waals surface area contributed by atoms with Crippen LogP contribution in [0.1, 0.15) is 10.4 Å². The second-order valence-electron chi connectivity index (χ2n) is 5.28. The molecule has 1 heterocycles. The Kier molecular flexibility index (Phi) is 4.56. The van der Waals surface area contributed by atoms with E-state index in [-0.39, 0.29) is 17.7 Å². The van der Waals surface area contributed by atoms with Crippen molar-refractivity contribution in [2.45, 2.75) is 6.54 Å². The number of nitrogens with zero attached hydrogens (tertiary/aromatic N) is 2. The summed E-state index contributed by atoms with van der Waals surface area (Å²) in [4.78, 5) is 40.6. The van der Waals surface area contributed by atoms with Gasteiger partial charge in [0.1, 0.15) is 6.54 Å². The molecule has 7 nitrogen and oxygen atoms in total. The zero-order valence-corrected chi connectivity index (χ0v) is 13.4. The molecule has 0 aliphatic heterocycles. The number of hydrogen-bond acceptors (Lipinski definition) is 5. The van der Waals surface area contributed by atoms with Crippen molar-refractivity contribution < 1.29 is 14.3 Å². The minimum atomic E-state index is -0.555. The Bertz CT molecular complexity index is 1010. The number of ether oxygens (including phenoxy) is 1. The molecule has 2 aromatic carbocycles. The average molecular weight is 337 g/mol. The van der Waals surface area contributed by atoms with Gasteiger partial charge in [-0.2, -0.15) is 0 Å². The fraction of sp³-hybridized carbons (Fsp3) is 0.111. The molecule has 1 amide bonds. The van der Waals surface area contributed by atoms with Gasteiger partial charge < -0.3 is 10.1 Å². The maximum atomic E-state index is 12.4. The number of carbonyl (C=O) groups excluding carboxylic acids is 2. The van der Waals surface area contributed by atoms with Gasteiger partial charge in [-0.1, -0.05) is 24.3 Å². The van der Waals surface area contributed by atoms with Crippen LogP contribution in [0.3, 0.4) is 0 Å². The SMILES string of the molecule is COC(=O)c1ccccc1NC(=O)Cn1cnc2ccccc2c1=O. The number of para-hydroxylation sites is 2. The molecular weight excluding hydrogens is 322 g/mol. The molecule has 126 valence electrons. The topological polar surface area (TPSA) is 90.3 Å². The van der Waals surface area contributed by atoms with Crippen LogP contribution >= 0.6 is 0 Å². The maximum absolute atomic E-state index is 12.4. The van der Waals surface area contributed by atoms with Crippen LogP contribution in [-0.2, 0) is 16.1 Å². The molecule has 1 N–H and O–H groups in total. The molecule has 0 saturated heterocycles. The van der Waals surface area contributed by atoms with E-state index in [1.54, 1.807) is 48.5 Å². The summed E-state index contributed by atoms with van der Waals surface area (Å²) in [6, 6.07) is 13.4. The average Bonchev–Trinajstić information content (AvgIpc) is 2.64. The van der Waals surface area contributed by atoms with Crippen molar-refractivity contribution in [2.75, 3.05) is 12.4 Å². The van der Waals surface area contributed by atoms with Gasteiger partial charge in [0.25, 0.3) is 5.56 Å². The fourth-order valence-electron chi connectivity index (χ4n) is 2.44. The third-order valence-corrected chi connectivity index (χ3v) is 3.65. The lowest BCUT2D eigenvalue weighted by Gasteiger charge is -2.10. The van der Waals surface area contributed by atoms with Gasteiger partial charge >= 0.3 is 5.97 Å². The minimum absolute atomic E-state index is 0.216. The summed E-state index contributed by atoms with van der Waals surface area (Å²) in [5.41, 5.74) is 0.825. The normalized spacial score (nSPS) is 10.4. The number of rotatable bonds is 4. The van der Waals surface area contributed by atoms with Crippen molar-refractivity contribution in [3.05, 3.63) is 70.8 Å². The second kappa shape index (κ2) is 6.96. The van der Waals surface area contributed by atoms with Crippen LogP contribution < -0.4 is 10.9 Å². The van der Waals surface area contributed by atoms with Gasteiger partial charge in [-0.25, -0.2) is 9.78 Å². The Balaban J connectivity index is 1.84. The largest absolute Gasteiger partial charge is 0.465 e. The fourth-order valence-corrected chi connectivity index (χ4v) is 2.44. The van der Waals surface area contributed by atoms with Gasteiger partial charge in [-0.3, -0.25) is 14.2 Å². The summed E-state index contributed by atoms with van der Waals surface area (Å²) in [7, 11) is 1.27. The Labute approximate surface area is 142 Å². The highest BCUT2D eigenvalue weighted by atomic mass is 16.5. The number of methoxy groups -OCH3 is 1. The number of esters is 1. The molecule has 0 radical (unpaired) electrons. The third kappa shape index (κ3) is 3.40.